The Hall–Kier alpha value is -0.790. The molecule has 2 heteroatoms. The molecule has 0 spiro atoms. The molecule has 0 radical (unpaired) electrons. The summed E-state index contributed by atoms with van der Waals surface area (Å²) in [7, 11) is 0. The lowest BCUT2D eigenvalue weighted by molar-refractivity contribution is -0.145. The molecule has 0 aliphatic carbocycles. The number of hydrogen-bond donors (Lipinski definition) is 0. The van der Waals surface area contributed by atoms with E-state index in [1.165, 1.54) is 6.92 Å². The SMILES string of the molecule is C=CC(C)(C)CCCC(C)OC(C)=O. The van der Waals surface area contributed by atoms with Crippen molar-refractivity contribution in [2.75, 3.05) is 0 Å². The third kappa shape index (κ3) is 6.70. The highest BCUT2D eigenvalue weighted by atomic mass is 16.5. The third-order valence-electron chi connectivity index (χ3n) is 2.35. The minimum atomic E-state index is -0.194. The molecule has 0 rings (SSSR count). The first-order valence-corrected chi connectivity index (χ1v) is 5.18. The van der Waals surface area contributed by atoms with Gasteiger partial charge in [0.05, 0.1) is 6.10 Å². The van der Waals surface area contributed by atoms with Crippen molar-refractivity contribution in [2.24, 2.45) is 5.41 Å². The average molecular weight is 198 g/mol. The van der Waals surface area contributed by atoms with Gasteiger partial charge in [-0.2, -0.15) is 0 Å². The minimum Gasteiger partial charge on any atom is -0.463 e. The molecular formula is C12H22O2. The fourth-order valence-electron chi connectivity index (χ4n) is 1.29. The number of allylic oxidation sites excluding steroid dienone is 1. The van der Waals surface area contributed by atoms with Crippen LogP contribution >= 0.6 is 0 Å². The van der Waals surface area contributed by atoms with E-state index in [0.29, 0.717) is 0 Å². The molecule has 0 saturated carbocycles. The van der Waals surface area contributed by atoms with E-state index >= 15 is 0 Å². The molecular weight excluding hydrogens is 176 g/mol. The van der Waals surface area contributed by atoms with Crippen LogP contribution in [0.3, 0.4) is 0 Å². The molecule has 0 N–H and O–H groups in total. The van der Waals surface area contributed by atoms with Gasteiger partial charge in [0.1, 0.15) is 0 Å². The van der Waals surface area contributed by atoms with Gasteiger partial charge in [0.25, 0.3) is 0 Å². The van der Waals surface area contributed by atoms with E-state index in [-0.39, 0.29) is 17.5 Å². The Morgan fingerprint density at radius 2 is 2.14 bits per heavy atom. The van der Waals surface area contributed by atoms with Crippen LogP contribution in [0.2, 0.25) is 0 Å². The van der Waals surface area contributed by atoms with Gasteiger partial charge < -0.3 is 4.74 Å². The second-order valence-electron chi connectivity index (χ2n) is 4.50. The molecule has 0 aromatic heterocycles. The Morgan fingerprint density at radius 3 is 2.57 bits per heavy atom. The van der Waals surface area contributed by atoms with Crippen molar-refractivity contribution in [3.05, 3.63) is 12.7 Å². The van der Waals surface area contributed by atoms with Crippen LogP contribution in [0.1, 0.15) is 47.0 Å². The maximum absolute atomic E-state index is 10.6. The van der Waals surface area contributed by atoms with Crippen LogP contribution in [0.5, 0.6) is 0 Å². The monoisotopic (exact) mass is 198 g/mol. The summed E-state index contributed by atoms with van der Waals surface area (Å²) >= 11 is 0. The van der Waals surface area contributed by atoms with Gasteiger partial charge in [0, 0.05) is 6.92 Å². The number of carbonyl (C=O) groups excluding carboxylic acids is 1. The van der Waals surface area contributed by atoms with Crippen LogP contribution in [-0.4, -0.2) is 12.1 Å². The van der Waals surface area contributed by atoms with Crippen molar-refractivity contribution >= 4 is 5.97 Å². The molecule has 0 heterocycles. The Labute approximate surface area is 87.3 Å². The normalized spacial score (nSPS) is 13.4. The van der Waals surface area contributed by atoms with E-state index in [9.17, 15) is 4.79 Å². The summed E-state index contributed by atoms with van der Waals surface area (Å²) < 4.78 is 5.03. The average Bonchev–Trinajstić information content (AvgIpc) is 2.02. The highest BCUT2D eigenvalue weighted by Crippen LogP contribution is 2.24. The quantitative estimate of drug-likeness (QED) is 0.483. The summed E-state index contributed by atoms with van der Waals surface area (Å²) in [6.07, 6.45) is 5.09. The van der Waals surface area contributed by atoms with E-state index in [4.69, 9.17) is 4.74 Å². The molecule has 0 amide bonds. The largest absolute Gasteiger partial charge is 0.463 e. The van der Waals surface area contributed by atoms with Gasteiger partial charge in [-0.3, -0.25) is 4.79 Å². The Morgan fingerprint density at radius 1 is 1.57 bits per heavy atom. The van der Waals surface area contributed by atoms with E-state index in [1.807, 2.05) is 13.0 Å². The maximum atomic E-state index is 10.6. The lowest BCUT2D eigenvalue weighted by atomic mass is 9.87. The second-order valence-corrected chi connectivity index (χ2v) is 4.50. The van der Waals surface area contributed by atoms with Gasteiger partial charge in [-0.25, -0.2) is 0 Å². The fourth-order valence-corrected chi connectivity index (χ4v) is 1.29. The first kappa shape index (κ1) is 13.2. The first-order valence-electron chi connectivity index (χ1n) is 5.18. The molecule has 2 nitrogen and oxygen atoms in total. The fraction of sp³-hybridized carbons (Fsp3) is 0.750. The van der Waals surface area contributed by atoms with Crippen LogP contribution in [0, 0.1) is 5.41 Å². The van der Waals surface area contributed by atoms with Crippen LogP contribution in [0.15, 0.2) is 12.7 Å². The predicted octanol–water partition coefficient (Wildman–Crippen LogP) is 3.32. The second kappa shape index (κ2) is 5.84. The minimum absolute atomic E-state index is 0.0353. The van der Waals surface area contributed by atoms with Crippen molar-refractivity contribution < 1.29 is 9.53 Å². The topological polar surface area (TPSA) is 26.3 Å². The lowest BCUT2D eigenvalue weighted by Gasteiger charge is -2.20. The van der Waals surface area contributed by atoms with Crippen LogP contribution in [0.4, 0.5) is 0 Å². The van der Waals surface area contributed by atoms with Crippen molar-refractivity contribution in [2.45, 2.75) is 53.1 Å². The van der Waals surface area contributed by atoms with Gasteiger partial charge >= 0.3 is 5.97 Å². The molecule has 82 valence electrons. The van der Waals surface area contributed by atoms with E-state index in [1.54, 1.807) is 0 Å². The Kier molecular flexibility index (Phi) is 5.51. The van der Waals surface area contributed by atoms with Crippen LogP contribution in [0.25, 0.3) is 0 Å². The molecule has 14 heavy (non-hydrogen) atoms. The lowest BCUT2D eigenvalue weighted by Crippen LogP contribution is -2.14. The molecule has 1 atom stereocenters. The van der Waals surface area contributed by atoms with Gasteiger partial charge in [0.15, 0.2) is 0 Å². The molecule has 0 aromatic carbocycles. The number of hydrogen-bond acceptors (Lipinski definition) is 2. The van der Waals surface area contributed by atoms with Gasteiger partial charge in [-0.1, -0.05) is 19.9 Å². The molecule has 0 saturated heterocycles. The summed E-state index contributed by atoms with van der Waals surface area (Å²) in [4.78, 5) is 10.6. The number of ether oxygens (including phenoxy) is 1. The summed E-state index contributed by atoms with van der Waals surface area (Å²) in [6.45, 7) is 11.5. The van der Waals surface area contributed by atoms with Crippen molar-refractivity contribution in [1.82, 2.24) is 0 Å². The molecule has 0 aliphatic rings. The summed E-state index contributed by atoms with van der Waals surface area (Å²) in [5, 5.41) is 0. The number of esters is 1. The molecule has 0 aliphatic heterocycles. The standard InChI is InChI=1S/C12H22O2/c1-6-12(4,5)9-7-8-10(2)14-11(3)13/h6,10H,1,7-9H2,2-5H3. The summed E-state index contributed by atoms with van der Waals surface area (Å²) in [5.74, 6) is -0.194. The Bertz CT molecular complexity index is 194. The summed E-state index contributed by atoms with van der Waals surface area (Å²) in [5.41, 5.74) is 0.190. The zero-order valence-electron chi connectivity index (χ0n) is 9.80. The molecule has 0 fully saturated rings. The van der Waals surface area contributed by atoms with Crippen molar-refractivity contribution in [3.63, 3.8) is 0 Å². The van der Waals surface area contributed by atoms with Crippen molar-refractivity contribution in [3.8, 4) is 0 Å². The zero-order chi connectivity index (χ0) is 11.2. The predicted molar refractivity (Wildman–Crippen MR) is 59.1 cm³/mol. The highest BCUT2D eigenvalue weighted by Gasteiger charge is 2.13. The number of carbonyl (C=O) groups is 1. The smallest absolute Gasteiger partial charge is 0.302 e. The number of rotatable bonds is 6. The third-order valence-corrected chi connectivity index (χ3v) is 2.35. The van der Waals surface area contributed by atoms with Gasteiger partial charge in [-0.15, -0.1) is 6.58 Å². The molecule has 1 unspecified atom stereocenters. The highest BCUT2D eigenvalue weighted by molar-refractivity contribution is 5.66. The summed E-state index contributed by atoms with van der Waals surface area (Å²) in [6, 6.07) is 0. The van der Waals surface area contributed by atoms with E-state index in [2.05, 4.69) is 20.4 Å². The zero-order valence-corrected chi connectivity index (χ0v) is 9.80. The van der Waals surface area contributed by atoms with Gasteiger partial charge in [0.2, 0.25) is 0 Å². The molecule has 0 bridgehead atoms. The van der Waals surface area contributed by atoms with E-state index in [0.717, 1.165) is 19.3 Å². The maximum Gasteiger partial charge on any atom is 0.302 e. The van der Waals surface area contributed by atoms with E-state index < -0.39 is 0 Å². The van der Waals surface area contributed by atoms with Gasteiger partial charge in [-0.05, 0) is 31.6 Å². The first-order chi connectivity index (χ1) is 6.37. The molecule has 0 aromatic rings. The van der Waals surface area contributed by atoms with Crippen molar-refractivity contribution in [1.29, 1.82) is 0 Å². The van der Waals surface area contributed by atoms with Crippen LogP contribution in [-0.2, 0) is 9.53 Å². The van der Waals surface area contributed by atoms with Crippen LogP contribution < -0.4 is 0 Å². The Balaban J connectivity index is 3.63.